The first-order chi connectivity index (χ1) is 8.16. The number of carboxylic acid groups (broad SMARTS) is 1. The van der Waals surface area contributed by atoms with Gasteiger partial charge in [-0.1, -0.05) is 0 Å². The van der Waals surface area contributed by atoms with Crippen molar-refractivity contribution < 1.29 is 24.5 Å². The summed E-state index contributed by atoms with van der Waals surface area (Å²) >= 11 is 0. The number of rotatable bonds is 3. The first-order valence-corrected chi connectivity index (χ1v) is 5.04. The van der Waals surface area contributed by atoms with Crippen molar-refractivity contribution in [3.63, 3.8) is 0 Å². The number of ketones is 1. The Hall–Kier alpha value is -2.14. The zero-order valence-electron chi connectivity index (χ0n) is 8.88. The number of fused-ring (bicyclic) bond motifs is 1. The number of hydrogen-bond donors (Lipinski definition) is 1. The maximum atomic E-state index is 11.6. The monoisotopic (exact) mass is 234 g/mol. The lowest BCUT2D eigenvalue weighted by Gasteiger charge is -2.15. The molecule has 0 bridgehead atoms. The summed E-state index contributed by atoms with van der Waals surface area (Å²) in [6.45, 7) is 0.440. The van der Waals surface area contributed by atoms with Crippen LogP contribution in [0, 0.1) is 0 Å². The Morgan fingerprint density at radius 1 is 1.29 bits per heavy atom. The van der Waals surface area contributed by atoms with E-state index in [4.69, 9.17) is 14.9 Å². The predicted octanol–water partition coefficient (Wildman–Crippen LogP) is 1.38. The van der Waals surface area contributed by atoms with Crippen LogP contribution in [-0.2, 0) is 16.1 Å². The van der Waals surface area contributed by atoms with E-state index in [0.29, 0.717) is 24.3 Å². The number of hydrogen-bond acceptors (Lipinski definition) is 4. The van der Waals surface area contributed by atoms with Gasteiger partial charge in [0.05, 0.1) is 6.61 Å². The number of carbonyl (C=O) groups is 2. The Morgan fingerprint density at radius 2 is 2.12 bits per heavy atom. The zero-order chi connectivity index (χ0) is 12.3. The van der Waals surface area contributed by atoms with Gasteiger partial charge < -0.3 is 9.99 Å². The Kier molecular flexibility index (Phi) is 3.20. The van der Waals surface area contributed by atoms with Gasteiger partial charge in [-0.3, -0.25) is 4.79 Å². The molecule has 0 fully saturated rings. The second-order valence-corrected chi connectivity index (χ2v) is 3.51. The van der Waals surface area contributed by atoms with Crippen LogP contribution in [0.3, 0.4) is 0 Å². The van der Waals surface area contributed by atoms with Gasteiger partial charge in [0.25, 0.3) is 0 Å². The molecule has 1 aromatic rings. The molecule has 2 rings (SSSR count). The number of aliphatic carboxylic acids is 1. The van der Waals surface area contributed by atoms with Gasteiger partial charge in [-0.2, -0.15) is 4.89 Å². The fourth-order valence-electron chi connectivity index (χ4n) is 1.51. The van der Waals surface area contributed by atoms with E-state index in [0.717, 1.165) is 17.7 Å². The van der Waals surface area contributed by atoms with Gasteiger partial charge in [0.1, 0.15) is 0 Å². The van der Waals surface area contributed by atoms with Crippen LogP contribution in [0.5, 0.6) is 5.75 Å². The van der Waals surface area contributed by atoms with E-state index >= 15 is 0 Å². The smallest absolute Gasteiger partial charge is 0.328 e. The van der Waals surface area contributed by atoms with E-state index in [1.165, 1.54) is 0 Å². The minimum Gasteiger partial charge on any atom is -0.478 e. The van der Waals surface area contributed by atoms with Crippen molar-refractivity contribution in [2.75, 3.05) is 6.61 Å². The third kappa shape index (κ3) is 2.70. The van der Waals surface area contributed by atoms with Crippen LogP contribution in [0.4, 0.5) is 0 Å². The van der Waals surface area contributed by atoms with E-state index in [1.54, 1.807) is 18.2 Å². The van der Waals surface area contributed by atoms with Gasteiger partial charge in [-0.15, -0.1) is 0 Å². The molecule has 0 saturated heterocycles. The fourth-order valence-corrected chi connectivity index (χ4v) is 1.51. The Balaban J connectivity index is 2.22. The van der Waals surface area contributed by atoms with Gasteiger partial charge in [0.2, 0.25) is 0 Å². The molecular formula is C12H10O5. The lowest BCUT2D eigenvalue weighted by atomic mass is 10.0. The van der Waals surface area contributed by atoms with Crippen LogP contribution in [0.2, 0.25) is 0 Å². The molecule has 0 atom stereocenters. The zero-order valence-corrected chi connectivity index (χ0v) is 8.88. The summed E-state index contributed by atoms with van der Waals surface area (Å²) in [6, 6.07) is 4.89. The molecule has 0 unspecified atom stereocenters. The maximum absolute atomic E-state index is 11.6. The number of carbonyl (C=O) groups excluding carboxylic acids is 1. The van der Waals surface area contributed by atoms with Crippen molar-refractivity contribution in [3.05, 3.63) is 41.5 Å². The average molecular weight is 234 g/mol. The van der Waals surface area contributed by atoms with Gasteiger partial charge in [0, 0.05) is 23.6 Å². The van der Waals surface area contributed by atoms with Crippen LogP contribution >= 0.6 is 0 Å². The minimum absolute atomic E-state index is 0.346. The number of carboxylic acids is 1. The van der Waals surface area contributed by atoms with Crippen molar-refractivity contribution >= 4 is 11.8 Å². The van der Waals surface area contributed by atoms with E-state index < -0.39 is 5.97 Å². The molecule has 88 valence electrons. The van der Waals surface area contributed by atoms with Crippen LogP contribution in [-0.4, -0.2) is 23.5 Å². The Bertz CT molecular complexity index is 490. The largest absolute Gasteiger partial charge is 0.478 e. The van der Waals surface area contributed by atoms with Crippen LogP contribution in [0.15, 0.2) is 30.4 Å². The van der Waals surface area contributed by atoms with Crippen molar-refractivity contribution in [3.8, 4) is 5.75 Å². The summed E-state index contributed by atoms with van der Waals surface area (Å²) in [4.78, 5) is 31.6. The highest BCUT2D eigenvalue weighted by Gasteiger charge is 2.13. The van der Waals surface area contributed by atoms with E-state index in [1.807, 2.05) is 0 Å². The number of allylic oxidation sites excluding steroid dienone is 1. The number of benzene rings is 1. The highest BCUT2D eigenvalue weighted by atomic mass is 17.2. The molecule has 0 radical (unpaired) electrons. The molecule has 5 heteroatoms. The third-order valence-electron chi connectivity index (χ3n) is 2.33. The summed E-state index contributed by atoms with van der Waals surface area (Å²) in [5.74, 6) is -0.898. The van der Waals surface area contributed by atoms with Gasteiger partial charge >= 0.3 is 5.97 Å². The molecule has 0 spiro atoms. The molecule has 1 N–H and O–H groups in total. The maximum Gasteiger partial charge on any atom is 0.328 e. The molecule has 1 aliphatic heterocycles. The van der Waals surface area contributed by atoms with E-state index in [-0.39, 0.29) is 5.78 Å². The molecule has 0 aliphatic carbocycles. The topological polar surface area (TPSA) is 72.8 Å². The molecule has 1 heterocycles. The predicted molar refractivity (Wildman–Crippen MR) is 57.8 cm³/mol. The summed E-state index contributed by atoms with van der Waals surface area (Å²) in [7, 11) is 0. The highest BCUT2D eigenvalue weighted by Crippen LogP contribution is 2.24. The summed E-state index contributed by atoms with van der Waals surface area (Å²) in [5, 5.41) is 8.43. The SMILES string of the molecule is O=C(O)C=CC(=O)c1ccc2c(c1)CCOO2. The summed E-state index contributed by atoms with van der Waals surface area (Å²) < 4.78 is 0. The fraction of sp³-hybridized carbons (Fsp3) is 0.167. The quantitative estimate of drug-likeness (QED) is 0.486. The van der Waals surface area contributed by atoms with Crippen molar-refractivity contribution in [1.82, 2.24) is 0 Å². The van der Waals surface area contributed by atoms with Gasteiger partial charge in [0.15, 0.2) is 11.5 Å². The second kappa shape index (κ2) is 4.80. The van der Waals surface area contributed by atoms with E-state index in [9.17, 15) is 9.59 Å². The molecule has 0 amide bonds. The van der Waals surface area contributed by atoms with Gasteiger partial charge in [-0.25, -0.2) is 4.79 Å². The first kappa shape index (κ1) is 11.3. The molecule has 17 heavy (non-hydrogen) atoms. The van der Waals surface area contributed by atoms with Crippen LogP contribution in [0.1, 0.15) is 15.9 Å². The standard InChI is InChI=1S/C12H10O5/c13-10(2-4-12(14)15)8-1-3-11-9(7-8)5-6-16-17-11/h1-4,7H,5-6H2,(H,14,15). The van der Waals surface area contributed by atoms with Gasteiger partial charge in [-0.05, 0) is 24.3 Å². The van der Waals surface area contributed by atoms with E-state index in [2.05, 4.69) is 0 Å². The summed E-state index contributed by atoms with van der Waals surface area (Å²) in [6.07, 6.45) is 2.52. The van der Waals surface area contributed by atoms with Crippen molar-refractivity contribution in [2.45, 2.75) is 6.42 Å². The molecule has 5 nitrogen and oxygen atoms in total. The first-order valence-electron chi connectivity index (χ1n) is 5.04. The highest BCUT2D eigenvalue weighted by molar-refractivity contribution is 6.07. The molecular weight excluding hydrogens is 224 g/mol. The van der Waals surface area contributed by atoms with Crippen molar-refractivity contribution in [2.24, 2.45) is 0 Å². The summed E-state index contributed by atoms with van der Waals surface area (Å²) in [5.41, 5.74) is 1.32. The lowest BCUT2D eigenvalue weighted by Crippen LogP contribution is -2.11. The average Bonchev–Trinajstić information content (AvgIpc) is 2.35. The molecule has 1 aliphatic rings. The third-order valence-corrected chi connectivity index (χ3v) is 2.33. The van der Waals surface area contributed by atoms with Crippen LogP contribution in [0.25, 0.3) is 0 Å². The minimum atomic E-state index is -1.15. The molecule has 0 saturated carbocycles. The lowest BCUT2D eigenvalue weighted by molar-refractivity contribution is -0.215. The normalized spacial score (nSPS) is 14.1. The van der Waals surface area contributed by atoms with Crippen molar-refractivity contribution in [1.29, 1.82) is 0 Å². The van der Waals surface area contributed by atoms with Crippen LogP contribution < -0.4 is 4.89 Å². The molecule has 0 aromatic heterocycles. The Morgan fingerprint density at radius 3 is 2.88 bits per heavy atom. The Labute approximate surface area is 97.2 Å². The second-order valence-electron chi connectivity index (χ2n) is 3.51. The molecule has 1 aromatic carbocycles.